The molecular formula is C29H36N6O3. The molecule has 3 heterocycles. The van der Waals surface area contributed by atoms with Crippen LogP contribution in [0.3, 0.4) is 0 Å². The van der Waals surface area contributed by atoms with Crippen LogP contribution in [0.2, 0.25) is 0 Å². The highest BCUT2D eigenvalue weighted by molar-refractivity contribution is 5.82. The highest BCUT2D eigenvalue weighted by Crippen LogP contribution is 2.30. The Balaban J connectivity index is 1.54. The van der Waals surface area contributed by atoms with Gasteiger partial charge in [0.15, 0.2) is 5.82 Å². The molecule has 0 radical (unpaired) electrons. The Bertz CT molecular complexity index is 1460. The Labute approximate surface area is 222 Å². The van der Waals surface area contributed by atoms with Crippen LogP contribution in [0.25, 0.3) is 10.9 Å². The molecule has 1 aliphatic rings. The number of methoxy groups -OCH3 is 1. The molecule has 9 heteroatoms. The number of tetrazole rings is 1. The van der Waals surface area contributed by atoms with Crippen molar-refractivity contribution < 1.29 is 9.47 Å². The Kier molecular flexibility index (Phi) is 7.85. The van der Waals surface area contributed by atoms with Crippen LogP contribution in [-0.2, 0) is 24.4 Å². The molecule has 0 aliphatic carbocycles. The summed E-state index contributed by atoms with van der Waals surface area (Å²) in [4.78, 5) is 18.7. The van der Waals surface area contributed by atoms with E-state index in [1.54, 1.807) is 7.11 Å². The van der Waals surface area contributed by atoms with Gasteiger partial charge in [-0.25, -0.2) is 4.68 Å². The molecule has 0 saturated carbocycles. The summed E-state index contributed by atoms with van der Waals surface area (Å²) in [5.41, 5.74) is 4.77. The Morgan fingerprint density at radius 2 is 2.00 bits per heavy atom. The van der Waals surface area contributed by atoms with E-state index in [2.05, 4.69) is 57.5 Å². The molecular weight excluding hydrogens is 480 g/mol. The molecule has 9 nitrogen and oxygen atoms in total. The van der Waals surface area contributed by atoms with Gasteiger partial charge in [-0.2, -0.15) is 0 Å². The minimum atomic E-state index is -0.120. The third-order valence-corrected chi connectivity index (χ3v) is 7.40. The summed E-state index contributed by atoms with van der Waals surface area (Å²) in [6.07, 6.45) is 2.95. The van der Waals surface area contributed by atoms with Crippen LogP contribution >= 0.6 is 0 Å². The van der Waals surface area contributed by atoms with Gasteiger partial charge in [-0.3, -0.25) is 9.69 Å². The Morgan fingerprint density at radius 3 is 2.76 bits per heavy atom. The van der Waals surface area contributed by atoms with Gasteiger partial charge >= 0.3 is 0 Å². The Morgan fingerprint density at radius 1 is 1.18 bits per heavy atom. The van der Waals surface area contributed by atoms with Crippen molar-refractivity contribution in [1.29, 1.82) is 0 Å². The zero-order valence-corrected chi connectivity index (χ0v) is 22.6. The number of H-pyrrole nitrogens is 1. The number of fused-ring (bicyclic) bond motifs is 1. The van der Waals surface area contributed by atoms with E-state index >= 15 is 0 Å². The summed E-state index contributed by atoms with van der Waals surface area (Å²) < 4.78 is 13.4. The standard InChI is InChI=1S/C29H36N6O3/c1-5-25(28-31-32-33-35(28)18-24-10-8-12-38-24)34(16-21-9-6-7-11-26(21)37-4)17-23-15-22-14-19(2)13-20(3)27(22)30-29(23)36/h6-7,9,11,13-15,24-25H,5,8,10,12,16-18H2,1-4H3,(H,30,36)/t24-,25-/m1/s1. The fourth-order valence-corrected chi connectivity index (χ4v) is 5.56. The average molecular weight is 517 g/mol. The summed E-state index contributed by atoms with van der Waals surface area (Å²) >= 11 is 0. The fraction of sp³-hybridized carbons (Fsp3) is 0.448. The van der Waals surface area contributed by atoms with Crippen molar-refractivity contribution in [2.75, 3.05) is 13.7 Å². The molecule has 1 aliphatic heterocycles. The van der Waals surface area contributed by atoms with E-state index in [-0.39, 0.29) is 17.7 Å². The van der Waals surface area contributed by atoms with Crippen molar-refractivity contribution in [2.45, 2.75) is 71.8 Å². The maximum Gasteiger partial charge on any atom is 0.252 e. The highest BCUT2D eigenvalue weighted by Gasteiger charge is 2.28. The van der Waals surface area contributed by atoms with Gasteiger partial charge in [-0.15, -0.1) is 5.10 Å². The number of hydrogen-bond donors (Lipinski definition) is 1. The van der Waals surface area contributed by atoms with Gasteiger partial charge in [0, 0.05) is 30.8 Å². The molecule has 4 aromatic rings. The highest BCUT2D eigenvalue weighted by atomic mass is 16.5. The van der Waals surface area contributed by atoms with Gasteiger partial charge in [0.05, 0.1) is 31.3 Å². The molecule has 2 aromatic carbocycles. The second-order valence-corrected chi connectivity index (χ2v) is 10.2. The first kappa shape index (κ1) is 26.1. The molecule has 0 amide bonds. The summed E-state index contributed by atoms with van der Waals surface area (Å²) in [6, 6.07) is 14.1. The number of aromatic amines is 1. The second kappa shape index (κ2) is 11.4. The van der Waals surface area contributed by atoms with E-state index in [0.717, 1.165) is 59.5 Å². The first-order valence-electron chi connectivity index (χ1n) is 13.3. The zero-order chi connectivity index (χ0) is 26.6. The van der Waals surface area contributed by atoms with Crippen molar-refractivity contribution in [3.8, 4) is 5.75 Å². The van der Waals surface area contributed by atoms with Crippen LogP contribution in [-0.4, -0.2) is 49.9 Å². The van der Waals surface area contributed by atoms with Crippen LogP contribution in [0.4, 0.5) is 0 Å². The molecule has 1 saturated heterocycles. The number of pyridine rings is 1. The third kappa shape index (κ3) is 5.49. The van der Waals surface area contributed by atoms with Crippen molar-refractivity contribution in [3.05, 3.63) is 80.9 Å². The van der Waals surface area contributed by atoms with Gasteiger partial charge in [-0.05, 0) is 72.7 Å². The fourth-order valence-electron chi connectivity index (χ4n) is 5.56. The lowest BCUT2D eigenvalue weighted by atomic mass is 10.0. The van der Waals surface area contributed by atoms with Gasteiger partial charge < -0.3 is 14.5 Å². The zero-order valence-electron chi connectivity index (χ0n) is 22.6. The van der Waals surface area contributed by atoms with Crippen LogP contribution in [0.15, 0.2) is 47.3 Å². The number of benzene rings is 2. The Hall–Kier alpha value is -3.56. The predicted molar refractivity (Wildman–Crippen MR) is 146 cm³/mol. The van der Waals surface area contributed by atoms with Crippen LogP contribution < -0.4 is 10.3 Å². The number of rotatable bonds is 10. The number of nitrogens with zero attached hydrogens (tertiary/aromatic N) is 5. The van der Waals surface area contributed by atoms with E-state index in [1.165, 1.54) is 5.56 Å². The van der Waals surface area contributed by atoms with Crippen molar-refractivity contribution in [1.82, 2.24) is 30.1 Å². The van der Waals surface area contributed by atoms with E-state index in [0.29, 0.717) is 25.2 Å². The average Bonchev–Trinajstić information content (AvgIpc) is 3.59. The normalized spacial score (nSPS) is 16.4. The molecule has 38 heavy (non-hydrogen) atoms. The van der Waals surface area contributed by atoms with E-state index in [1.807, 2.05) is 35.9 Å². The number of para-hydroxylation sites is 1. The van der Waals surface area contributed by atoms with Crippen LogP contribution in [0, 0.1) is 13.8 Å². The number of nitrogens with one attached hydrogen (secondary N) is 1. The number of ether oxygens (including phenoxy) is 2. The maximum absolute atomic E-state index is 13.3. The minimum Gasteiger partial charge on any atom is -0.496 e. The molecule has 2 atom stereocenters. The SMILES string of the molecule is CC[C@H](c1nnnn1C[C@H]1CCCO1)N(Cc1ccccc1OC)Cc1cc2cc(C)cc(C)c2[nH]c1=O. The van der Waals surface area contributed by atoms with Gasteiger partial charge in [0.1, 0.15) is 5.75 Å². The van der Waals surface area contributed by atoms with Gasteiger partial charge in [-0.1, -0.05) is 36.8 Å². The van der Waals surface area contributed by atoms with Crippen LogP contribution in [0.5, 0.6) is 5.75 Å². The van der Waals surface area contributed by atoms with Crippen molar-refractivity contribution in [2.24, 2.45) is 0 Å². The quantitative estimate of drug-likeness (QED) is 0.332. The smallest absolute Gasteiger partial charge is 0.252 e. The molecule has 5 rings (SSSR count). The third-order valence-electron chi connectivity index (χ3n) is 7.40. The van der Waals surface area contributed by atoms with Crippen LogP contribution in [0.1, 0.15) is 60.3 Å². The topological polar surface area (TPSA) is 98.2 Å². The number of aryl methyl sites for hydroxylation is 2. The number of aromatic nitrogens is 5. The predicted octanol–water partition coefficient (Wildman–Crippen LogP) is 4.47. The maximum atomic E-state index is 13.3. The second-order valence-electron chi connectivity index (χ2n) is 10.2. The molecule has 2 aromatic heterocycles. The molecule has 200 valence electrons. The largest absolute Gasteiger partial charge is 0.496 e. The van der Waals surface area contributed by atoms with Gasteiger partial charge in [0.25, 0.3) is 5.56 Å². The molecule has 0 spiro atoms. The molecule has 1 N–H and O–H groups in total. The van der Waals surface area contributed by atoms with Crippen molar-refractivity contribution >= 4 is 10.9 Å². The first-order chi connectivity index (χ1) is 18.5. The van der Waals surface area contributed by atoms with Crippen molar-refractivity contribution in [3.63, 3.8) is 0 Å². The van der Waals surface area contributed by atoms with E-state index in [4.69, 9.17) is 9.47 Å². The van der Waals surface area contributed by atoms with Gasteiger partial charge in [0.2, 0.25) is 0 Å². The molecule has 0 bridgehead atoms. The summed E-state index contributed by atoms with van der Waals surface area (Å²) in [5, 5.41) is 13.8. The first-order valence-corrected chi connectivity index (χ1v) is 13.3. The lowest BCUT2D eigenvalue weighted by molar-refractivity contribution is 0.0887. The summed E-state index contributed by atoms with van der Waals surface area (Å²) in [5.74, 6) is 1.59. The minimum absolute atomic E-state index is 0.0803. The monoisotopic (exact) mass is 516 g/mol. The van der Waals surface area contributed by atoms with E-state index < -0.39 is 0 Å². The summed E-state index contributed by atoms with van der Waals surface area (Å²) in [7, 11) is 1.68. The summed E-state index contributed by atoms with van der Waals surface area (Å²) in [6.45, 7) is 8.63. The van der Waals surface area contributed by atoms with E-state index in [9.17, 15) is 4.79 Å². The molecule has 0 unspecified atom stereocenters. The number of hydrogen-bond acceptors (Lipinski definition) is 7. The lowest BCUT2D eigenvalue weighted by Gasteiger charge is -2.31. The lowest BCUT2D eigenvalue weighted by Crippen LogP contribution is -2.33. The molecule has 1 fully saturated rings.